The van der Waals surface area contributed by atoms with Crippen molar-refractivity contribution in [3.63, 3.8) is 0 Å². The van der Waals surface area contributed by atoms with E-state index in [0.29, 0.717) is 5.92 Å². The van der Waals surface area contributed by atoms with Crippen LogP contribution in [-0.4, -0.2) is 19.7 Å². The summed E-state index contributed by atoms with van der Waals surface area (Å²) in [7, 11) is 0. The van der Waals surface area contributed by atoms with Crippen molar-refractivity contribution in [2.24, 2.45) is 0 Å². The summed E-state index contributed by atoms with van der Waals surface area (Å²) in [4.78, 5) is 2.36. The molecule has 2 heteroatoms. The summed E-state index contributed by atoms with van der Waals surface area (Å²) in [6, 6.07) is 8.94. The zero-order chi connectivity index (χ0) is 14.1. The highest BCUT2D eigenvalue weighted by atomic mass is 16.5. The molecule has 0 bridgehead atoms. The predicted octanol–water partition coefficient (Wildman–Crippen LogP) is 4.58. The van der Waals surface area contributed by atoms with Gasteiger partial charge >= 0.3 is 0 Å². The van der Waals surface area contributed by atoms with E-state index in [0.717, 1.165) is 26.1 Å². The van der Waals surface area contributed by atoms with Gasteiger partial charge in [0.2, 0.25) is 0 Å². The van der Waals surface area contributed by atoms with Crippen LogP contribution in [0.25, 0.3) is 0 Å². The number of hydrogen-bond acceptors (Lipinski definition) is 2. The van der Waals surface area contributed by atoms with E-state index in [4.69, 9.17) is 4.74 Å². The Hall–Kier alpha value is -1.44. The molecule has 0 fully saturated rings. The lowest BCUT2D eigenvalue weighted by Crippen LogP contribution is -2.21. The minimum absolute atomic E-state index is 0.538. The number of benzene rings is 1. The highest BCUT2D eigenvalue weighted by Gasteiger charge is 2.07. The van der Waals surface area contributed by atoms with Crippen LogP contribution in [0.3, 0.4) is 0 Å². The summed E-state index contributed by atoms with van der Waals surface area (Å²) < 4.78 is 5.38. The van der Waals surface area contributed by atoms with Gasteiger partial charge < -0.3 is 9.64 Å². The zero-order valence-corrected chi connectivity index (χ0v) is 12.7. The summed E-state index contributed by atoms with van der Waals surface area (Å²) in [5.74, 6) is 0.538. The number of rotatable bonds is 8. The number of hydrogen-bond donors (Lipinski definition) is 0. The Bertz CT molecular complexity index is 365. The Morgan fingerprint density at radius 2 is 1.79 bits per heavy atom. The molecule has 19 heavy (non-hydrogen) atoms. The minimum Gasteiger partial charge on any atom is -0.502 e. The molecule has 106 valence electrons. The largest absolute Gasteiger partial charge is 0.502 e. The van der Waals surface area contributed by atoms with Gasteiger partial charge in [-0.1, -0.05) is 25.1 Å². The Kier molecular flexibility index (Phi) is 7.09. The van der Waals surface area contributed by atoms with E-state index < -0.39 is 0 Å². The lowest BCUT2D eigenvalue weighted by atomic mass is 9.98. The fraction of sp³-hybridized carbons (Fsp3) is 0.529. The first-order valence-corrected chi connectivity index (χ1v) is 7.30. The second-order valence-electron chi connectivity index (χ2n) is 4.79. The van der Waals surface area contributed by atoms with Crippen molar-refractivity contribution in [1.29, 1.82) is 0 Å². The van der Waals surface area contributed by atoms with Gasteiger partial charge in [0.05, 0.1) is 12.9 Å². The van der Waals surface area contributed by atoms with Gasteiger partial charge in [-0.3, -0.25) is 0 Å². The molecule has 1 aromatic carbocycles. The molecule has 0 aliphatic carbocycles. The first-order valence-electron chi connectivity index (χ1n) is 7.30. The highest BCUT2D eigenvalue weighted by molar-refractivity contribution is 5.47. The van der Waals surface area contributed by atoms with Gasteiger partial charge in [-0.15, -0.1) is 0 Å². The molecule has 1 unspecified atom stereocenters. The Labute approximate surface area is 118 Å². The first-order chi connectivity index (χ1) is 9.22. The SMILES string of the molecule is CC=COCCC(C)c1ccc(N(CC)CC)cc1. The van der Waals surface area contributed by atoms with Crippen LogP contribution in [0.4, 0.5) is 5.69 Å². The van der Waals surface area contributed by atoms with E-state index in [9.17, 15) is 0 Å². The molecule has 0 radical (unpaired) electrons. The number of nitrogens with zero attached hydrogens (tertiary/aromatic N) is 1. The van der Waals surface area contributed by atoms with Crippen LogP contribution in [0, 0.1) is 0 Å². The maximum atomic E-state index is 5.38. The van der Waals surface area contributed by atoms with Gasteiger partial charge in [-0.25, -0.2) is 0 Å². The molecule has 0 aliphatic rings. The zero-order valence-electron chi connectivity index (χ0n) is 12.7. The molecule has 0 saturated carbocycles. The van der Waals surface area contributed by atoms with E-state index in [-0.39, 0.29) is 0 Å². The molecule has 1 rings (SSSR count). The summed E-state index contributed by atoms with van der Waals surface area (Å²) in [6.07, 6.45) is 4.73. The van der Waals surface area contributed by atoms with Crippen molar-refractivity contribution >= 4 is 5.69 Å². The molecule has 0 aliphatic heterocycles. The lowest BCUT2D eigenvalue weighted by molar-refractivity contribution is 0.237. The van der Waals surface area contributed by atoms with Crippen molar-refractivity contribution in [2.75, 3.05) is 24.6 Å². The second-order valence-corrected chi connectivity index (χ2v) is 4.79. The molecule has 1 aromatic rings. The average molecular weight is 261 g/mol. The first kappa shape index (κ1) is 15.6. The van der Waals surface area contributed by atoms with E-state index in [1.807, 2.05) is 13.0 Å². The summed E-state index contributed by atoms with van der Waals surface area (Å²) in [6.45, 7) is 11.5. The van der Waals surface area contributed by atoms with Crippen LogP contribution in [0.1, 0.15) is 45.6 Å². The second kappa shape index (κ2) is 8.63. The number of anilines is 1. The van der Waals surface area contributed by atoms with E-state index in [1.165, 1.54) is 11.3 Å². The topological polar surface area (TPSA) is 12.5 Å². The maximum absolute atomic E-state index is 5.38. The molecule has 0 amide bonds. The minimum atomic E-state index is 0.538. The van der Waals surface area contributed by atoms with Gasteiger partial charge in [0, 0.05) is 18.8 Å². The Morgan fingerprint density at radius 1 is 1.16 bits per heavy atom. The highest BCUT2D eigenvalue weighted by Crippen LogP contribution is 2.22. The molecule has 0 saturated heterocycles. The monoisotopic (exact) mass is 261 g/mol. The predicted molar refractivity (Wildman–Crippen MR) is 83.8 cm³/mol. The van der Waals surface area contributed by atoms with Gasteiger partial charge in [0.25, 0.3) is 0 Å². The summed E-state index contributed by atoms with van der Waals surface area (Å²) >= 11 is 0. The average Bonchev–Trinajstić information content (AvgIpc) is 2.45. The van der Waals surface area contributed by atoms with Crippen molar-refractivity contribution in [1.82, 2.24) is 0 Å². The van der Waals surface area contributed by atoms with Crippen molar-refractivity contribution < 1.29 is 4.74 Å². The van der Waals surface area contributed by atoms with Gasteiger partial charge in [-0.05, 0) is 50.8 Å². The number of ether oxygens (including phenoxy) is 1. The standard InChI is InChI=1S/C17H27NO/c1-5-13-19-14-12-15(4)16-8-10-17(11-9-16)18(6-2)7-3/h5,8-11,13,15H,6-7,12,14H2,1-4H3. The Morgan fingerprint density at radius 3 is 2.32 bits per heavy atom. The van der Waals surface area contributed by atoms with Crippen LogP contribution < -0.4 is 4.90 Å². The smallest absolute Gasteiger partial charge is 0.0878 e. The molecule has 0 N–H and O–H groups in total. The van der Waals surface area contributed by atoms with Crippen LogP contribution >= 0.6 is 0 Å². The number of allylic oxidation sites excluding steroid dienone is 1. The molecular formula is C17H27NO. The normalized spacial score (nSPS) is 12.6. The summed E-state index contributed by atoms with van der Waals surface area (Å²) in [5.41, 5.74) is 2.70. The van der Waals surface area contributed by atoms with Crippen molar-refractivity contribution in [3.05, 3.63) is 42.2 Å². The third-order valence-electron chi connectivity index (χ3n) is 3.49. The van der Waals surface area contributed by atoms with Crippen LogP contribution in [-0.2, 0) is 4.74 Å². The molecule has 2 nitrogen and oxygen atoms in total. The quantitative estimate of drug-likeness (QED) is 0.502. The van der Waals surface area contributed by atoms with E-state index >= 15 is 0 Å². The van der Waals surface area contributed by atoms with Crippen LogP contribution in [0.5, 0.6) is 0 Å². The van der Waals surface area contributed by atoms with Crippen LogP contribution in [0.15, 0.2) is 36.6 Å². The fourth-order valence-electron chi connectivity index (χ4n) is 2.18. The third-order valence-corrected chi connectivity index (χ3v) is 3.49. The Balaban J connectivity index is 2.55. The van der Waals surface area contributed by atoms with Crippen molar-refractivity contribution in [2.45, 2.75) is 40.0 Å². The van der Waals surface area contributed by atoms with E-state index in [2.05, 4.69) is 49.9 Å². The van der Waals surface area contributed by atoms with Crippen LogP contribution in [0.2, 0.25) is 0 Å². The maximum Gasteiger partial charge on any atom is 0.0878 e. The van der Waals surface area contributed by atoms with Crippen molar-refractivity contribution in [3.8, 4) is 0 Å². The lowest BCUT2D eigenvalue weighted by Gasteiger charge is -2.21. The molecule has 1 atom stereocenters. The van der Waals surface area contributed by atoms with E-state index in [1.54, 1.807) is 6.26 Å². The molecule has 0 heterocycles. The molecular weight excluding hydrogens is 234 g/mol. The molecule has 0 spiro atoms. The third kappa shape index (κ3) is 4.98. The molecule has 0 aromatic heterocycles. The van der Waals surface area contributed by atoms with Gasteiger partial charge in [0.1, 0.15) is 0 Å². The van der Waals surface area contributed by atoms with Gasteiger partial charge in [0.15, 0.2) is 0 Å². The van der Waals surface area contributed by atoms with Gasteiger partial charge in [-0.2, -0.15) is 0 Å². The summed E-state index contributed by atoms with van der Waals surface area (Å²) in [5, 5.41) is 0. The fourth-order valence-corrected chi connectivity index (χ4v) is 2.18.